The van der Waals surface area contributed by atoms with Gasteiger partial charge in [0.15, 0.2) is 20.4 Å². The van der Waals surface area contributed by atoms with Gasteiger partial charge in [0.2, 0.25) is 5.91 Å². The van der Waals surface area contributed by atoms with Crippen LogP contribution in [0.3, 0.4) is 0 Å². The van der Waals surface area contributed by atoms with Crippen molar-refractivity contribution in [3.8, 4) is 11.4 Å². The maximum Gasteiger partial charge on any atom is 0.246 e. The molecule has 8 heteroatoms. The maximum absolute atomic E-state index is 12.7. The lowest BCUT2D eigenvalue weighted by atomic mass is 9.96. The summed E-state index contributed by atoms with van der Waals surface area (Å²) in [6.45, 7) is 0.980. The van der Waals surface area contributed by atoms with Crippen LogP contribution in [0.4, 0.5) is 5.69 Å². The van der Waals surface area contributed by atoms with E-state index in [0.29, 0.717) is 24.6 Å². The van der Waals surface area contributed by atoms with Crippen LogP contribution in [-0.4, -0.2) is 48.4 Å². The highest BCUT2D eigenvalue weighted by Gasteiger charge is 2.48. The zero-order valence-corrected chi connectivity index (χ0v) is 14.7. The molecule has 7 nitrogen and oxygen atoms in total. The maximum atomic E-state index is 12.7. The van der Waals surface area contributed by atoms with Gasteiger partial charge in [-0.1, -0.05) is 30.3 Å². The number of rotatable bonds is 4. The Balaban J connectivity index is 1.80. The van der Waals surface area contributed by atoms with E-state index in [-0.39, 0.29) is 12.8 Å². The van der Waals surface area contributed by atoms with Gasteiger partial charge in [0.25, 0.3) is 0 Å². The molecule has 1 amide bonds. The highest BCUT2D eigenvalue weighted by molar-refractivity contribution is 7.92. The van der Waals surface area contributed by atoms with Crippen molar-refractivity contribution in [1.29, 1.82) is 0 Å². The van der Waals surface area contributed by atoms with Crippen LogP contribution in [0.2, 0.25) is 0 Å². The summed E-state index contributed by atoms with van der Waals surface area (Å²) in [7, 11) is -3.55. The first-order chi connectivity index (χ1) is 11.9. The highest BCUT2D eigenvalue weighted by Crippen LogP contribution is 2.29. The average Bonchev–Trinajstić information content (AvgIpc) is 2.63. The number of hydrogen-bond acceptors (Lipinski definition) is 6. The number of hydrogen-bond donors (Lipinski definition) is 2. The minimum absolute atomic E-state index is 0.251. The standard InChI is InChI=1S/C17H20N4O3S/c1-25(23,24)17(7-9-18-10-8-17)16(22)21-14-11-19-15(20-12-14)13-5-3-2-4-6-13/h2-6,11-12,18H,7-10H2,1H3,(H,21,22). The molecule has 3 rings (SSSR count). The van der Waals surface area contributed by atoms with Crippen LogP contribution in [0.1, 0.15) is 12.8 Å². The predicted molar refractivity (Wildman–Crippen MR) is 95.8 cm³/mol. The molecule has 0 spiro atoms. The molecule has 0 atom stereocenters. The van der Waals surface area contributed by atoms with E-state index in [1.165, 1.54) is 12.4 Å². The van der Waals surface area contributed by atoms with Gasteiger partial charge in [-0.25, -0.2) is 18.4 Å². The Bertz CT molecular complexity index is 845. The largest absolute Gasteiger partial charge is 0.322 e. The summed E-state index contributed by atoms with van der Waals surface area (Å²) >= 11 is 0. The van der Waals surface area contributed by atoms with Crippen molar-refractivity contribution in [3.63, 3.8) is 0 Å². The third kappa shape index (κ3) is 3.54. The summed E-state index contributed by atoms with van der Waals surface area (Å²) in [6.07, 6.45) is 4.60. The van der Waals surface area contributed by atoms with Crippen LogP contribution in [0.15, 0.2) is 42.7 Å². The molecule has 2 N–H and O–H groups in total. The second kappa shape index (κ2) is 6.89. The van der Waals surface area contributed by atoms with Crippen molar-refractivity contribution in [2.75, 3.05) is 24.7 Å². The van der Waals surface area contributed by atoms with E-state index in [0.717, 1.165) is 11.8 Å². The van der Waals surface area contributed by atoms with E-state index in [4.69, 9.17) is 0 Å². The zero-order chi connectivity index (χ0) is 17.9. The lowest BCUT2D eigenvalue weighted by molar-refractivity contribution is -0.119. The highest BCUT2D eigenvalue weighted by atomic mass is 32.2. The fourth-order valence-corrected chi connectivity index (χ4v) is 4.30. The first-order valence-electron chi connectivity index (χ1n) is 8.02. The topological polar surface area (TPSA) is 101 Å². The minimum atomic E-state index is -3.55. The van der Waals surface area contributed by atoms with Crippen molar-refractivity contribution in [2.24, 2.45) is 0 Å². The Morgan fingerprint density at radius 2 is 1.72 bits per heavy atom. The van der Waals surface area contributed by atoms with Gasteiger partial charge in [-0.15, -0.1) is 0 Å². The van der Waals surface area contributed by atoms with Crippen LogP contribution < -0.4 is 10.6 Å². The summed E-state index contributed by atoms with van der Waals surface area (Å²) in [5.74, 6) is 0.0193. The molecule has 1 aromatic carbocycles. The molecule has 132 valence electrons. The molecular weight excluding hydrogens is 340 g/mol. The molecule has 0 aliphatic carbocycles. The van der Waals surface area contributed by atoms with E-state index in [1.54, 1.807) is 0 Å². The van der Waals surface area contributed by atoms with E-state index in [9.17, 15) is 13.2 Å². The van der Waals surface area contributed by atoms with Crippen molar-refractivity contribution in [2.45, 2.75) is 17.6 Å². The van der Waals surface area contributed by atoms with Gasteiger partial charge < -0.3 is 10.6 Å². The van der Waals surface area contributed by atoms with Crippen molar-refractivity contribution >= 4 is 21.4 Å². The van der Waals surface area contributed by atoms with Gasteiger partial charge in [-0.05, 0) is 25.9 Å². The van der Waals surface area contributed by atoms with Crippen LogP contribution in [0, 0.1) is 0 Å². The number of nitrogens with one attached hydrogen (secondary N) is 2. The Morgan fingerprint density at radius 1 is 1.12 bits per heavy atom. The van der Waals surface area contributed by atoms with Gasteiger partial charge >= 0.3 is 0 Å². The molecule has 0 bridgehead atoms. The smallest absolute Gasteiger partial charge is 0.246 e. The summed E-state index contributed by atoms with van der Waals surface area (Å²) in [5, 5.41) is 5.75. The van der Waals surface area contributed by atoms with E-state index in [2.05, 4.69) is 20.6 Å². The molecule has 2 heterocycles. The molecule has 1 saturated heterocycles. The molecule has 1 aliphatic heterocycles. The molecule has 1 aromatic heterocycles. The number of benzene rings is 1. The first-order valence-corrected chi connectivity index (χ1v) is 9.91. The van der Waals surface area contributed by atoms with E-state index >= 15 is 0 Å². The van der Waals surface area contributed by atoms with Crippen LogP contribution in [-0.2, 0) is 14.6 Å². The third-order valence-electron chi connectivity index (χ3n) is 4.48. The number of aromatic nitrogens is 2. The van der Waals surface area contributed by atoms with Gasteiger partial charge in [-0.3, -0.25) is 4.79 Å². The number of anilines is 1. The average molecular weight is 360 g/mol. The van der Waals surface area contributed by atoms with Gasteiger partial charge in [-0.2, -0.15) is 0 Å². The van der Waals surface area contributed by atoms with Crippen LogP contribution in [0.25, 0.3) is 11.4 Å². The SMILES string of the molecule is CS(=O)(=O)C1(C(=O)Nc2cnc(-c3ccccc3)nc2)CCNCC1. The number of amides is 1. The lowest BCUT2D eigenvalue weighted by Crippen LogP contribution is -2.55. The van der Waals surface area contributed by atoms with Gasteiger partial charge in [0, 0.05) is 11.8 Å². The Kier molecular flexibility index (Phi) is 4.82. The molecular formula is C17H20N4O3S. The fraction of sp³-hybridized carbons (Fsp3) is 0.353. The minimum Gasteiger partial charge on any atom is -0.322 e. The Labute approximate surface area is 146 Å². The fourth-order valence-electron chi connectivity index (χ4n) is 2.97. The van der Waals surface area contributed by atoms with Crippen molar-refractivity contribution in [1.82, 2.24) is 15.3 Å². The number of sulfone groups is 1. The molecule has 2 aromatic rings. The summed E-state index contributed by atoms with van der Waals surface area (Å²) in [4.78, 5) is 21.2. The third-order valence-corrected chi connectivity index (χ3v) is 6.49. The van der Waals surface area contributed by atoms with Gasteiger partial charge in [0.1, 0.15) is 0 Å². The lowest BCUT2D eigenvalue weighted by Gasteiger charge is -2.34. The summed E-state index contributed by atoms with van der Waals surface area (Å²) in [5.41, 5.74) is 1.25. The van der Waals surface area contributed by atoms with Gasteiger partial charge in [0.05, 0.1) is 18.1 Å². The number of piperidine rings is 1. The molecule has 1 aliphatic rings. The second-order valence-corrected chi connectivity index (χ2v) is 8.46. The quantitative estimate of drug-likeness (QED) is 0.851. The molecule has 0 unspecified atom stereocenters. The predicted octanol–water partition coefficient (Wildman–Crippen LogP) is 1.25. The molecule has 0 saturated carbocycles. The van der Waals surface area contributed by atoms with Crippen LogP contribution in [0.5, 0.6) is 0 Å². The molecule has 1 fully saturated rings. The number of nitrogens with zero attached hydrogens (tertiary/aromatic N) is 2. The van der Waals surface area contributed by atoms with Crippen molar-refractivity contribution < 1.29 is 13.2 Å². The van der Waals surface area contributed by atoms with E-state index < -0.39 is 20.5 Å². The summed E-state index contributed by atoms with van der Waals surface area (Å²) < 4.78 is 23.1. The monoisotopic (exact) mass is 360 g/mol. The zero-order valence-electron chi connectivity index (χ0n) is 13.9. The molecule has 25 heavy (non-hydrogen) atoms. The van der Waals surface area contributed by atoms with Crippen molar-refractivity contribution in [3.05, 3.63) is 42.7 Å². The first kappa shape index (κ1) is 17.5. The Hall–Kier alpha value is -2.32. The summed E-state index contributed by atoms with van der Waals surface area (Å²) in [6, 6.07) is 9.47. The van der Waals surface area contributed by atoms with Crippen LogP contribution >= 0.6 is 0 Å². The number of carbonyl (C=O) groups excluding carboxylic acids is 1. The Morgan fingerprint density at radius 3 is 2.28 bits per heavy atom. The number of carbonyl (C=O) groups is 1. The van der Waals surface area contributed by atoms with E-state index in [1.807, 2.05) is 30.3 Å². The molecule has 0 radical (unpaired) electrons. The normalized spacial score (nSPS) is 17.0. The second-order valence-electron chi connectivity index (χ2n) is 6.13.